The molecule has 164 valence electrons. The van der Waals surface area contributed by atoms with E-state index in [1.165, 1.54) is 0 Å². The van der Waals surface area contributed by atoms with Crippen LogP contribution in [0.4, 0.5) is 5.95 Å². The monoisotopic (exact) mass is 430 g/mol. The lowest BCUT2D eigenvalue weighted by molar-refractivity contribution is 0.0991. The van der Waals surface area contributed by atoms with Crippen LogP contribution in [0.1, 0.15) is 52.8 Å². The Morgan fingerprint density at radius 2 is 1.94 bits per heavy atom. The first-order chi connectivity index (χ1) is 15.5. The summed E-state index contributed by atoms with van der Waals surface area (Å²) >= 11 is 0. The molecule has 0 saturated carbocycles. The Morgan fingerprint density at radius 3 is 2.72 bits per heavy atom. The number of carbonyl (C=O) groups excluding carboxylic acids is 1. The van der Waals surface area contributed by atoms with Crippen molar-refractivity contribution in [3.63, 3.8) is 0 Å². The molecule has 0 bridgehead atoms. The molecule has 32 heavy (non-hydrogen) atoms. The van der Waals surface area contributed by atoms with Gasteiger partial charge in [0.2, 0.25) is 5.95 Å². The number of aromatic nitrogens is 3. The van der Waals surface area contributed by atoms with E-state index in [1.54, 1.807) is 23.1 Å². The average molecular weight is 431 g/mol. The normalized spacial score (nSPS) is 11.0. The van der Waals surface area contributed by atoms with Gasteiger partial charge in [-0.15, -0.1) is 5.10 Å². The van der Waals surface area contributed by atoms with Gasteiger partial charge in [-0.05, 0) is 47.7 Å². The number of carbonyl (C=O) groups is 1. The van der Waals surface area contributed by atoms with E-state index < -0.39 is 5.91 Å². The van der Waals surface area contributed by atoms with Crippen LogP contribution in [0.5, 0.6) is 5.75 Å². The molecule has 0 unspecified atom stereocenters. The number of nitrogens with one attached hydrogen (secondary N) is 1. The van der Waals surface area contributed by atoms with Gasteiger partial charge in [-0.1, -0.05) is 56.3 Å². The number of hydrogen-bond donors (Lipinski definition) is 1. The summed E-state index contributed by atoms with van der Waals surface area (Å²) < 4.78 is 13.3. The van der Waals surface area contributed by atoms with Crippen molar-refractivity contribution in [2.45, 2.75) is 39.8 Å². The van der Waals surface area contributed by atoms with Crippen molar-refractivity contribution in [2.75, 3.05) is 5.32 Å². The summed E-state index contributed by atoms with van der Waals surface area (Å²) in [4.78, 5) is 16.7. The highest BCUT2D eigenvalue weighted by Crippen LogP contribution is 2.28. The van der Waals surface area contributed by atoms with Crippen LogP contribution < -0.4 is 10.1 Å². The third-order valence-corrected chi connectivity index (χ3v) is 5.00. The fraction of sp³-hybridized carbons (Fsp3) is 0.240. The van der Waals surface area contributed by atoms with Gasteiger partial charge in [0, 0.05) is 0 Å². The summed E-state index contributed by atoms with van der Waals surface area (Å²) in [6, 6.07) is 19.4. The maximum absolute atomic E-state index is 12.5. The second-order valence-electron chi connectivity index (χ2n) is 7.96. The second kappa shape index (κ2) is 9.51. The Labute approximate surface area is 187 Å². The average Bonchev–Trinajstić information content (AvgIpc) is 3.42. The van der Waals surface area contributed by atoms with Crippen molar-refractivity contribution in [1.29, 1.82) is 0 Å². The fourth-order valence-electron chi connectivity index (χ4n) is 3.33. The Balaban J connectivity index is 1.36. The van der Waals surface area contributed by atoms with Crippen LogP contribution in [0.3, 0.4) is 0 Å². The molecule has 0 saturated heterocycles. The smallest absolute Gasteiger partial charge is 0.293 e. The number of benzene rings is 2. The van der Waals surface area contributed by atoms with E-state index in [0.29, 0.717) is 18.2 Å². The standard InChI is InChI=1S/C25H26N4O3/c1-17(2)21-11-9-18(3)13-23(21)31-15-20-10-12-22(32-20)24(30)27-25-26-16-29(28-25)14-19-7-5-4-6-8-19/h4-13,16-17H,14-15H2,1-3H3,(H,27,28,30). The van der Waals surface area contributed by atoms with Gasteiger partial charge in [-0.3, -0.25) is 10.1 Å². The number of nitrogens with zero attached hydrogens (tertiary/aromatic N) is 3. The highest BCUT2D eigenvalue weighted by atomic mass is 16.5. The maximum atomic E-state index is 12.5. The topological polar surface area (TPSA) is 82.2 Å². The Bertz CT molecular complexity index is 1190. The zero-order valence-corrected chi connectivity index (χ0v) is 18.4. The molecular formula is C25H26N4O3. The van der Waals surface area contributed by atoms with E-state index in [0.717, 1.165) is 22.4 Å². The number of amides is 1. The van der Waals surface area contributed by atoms with Crippen molar-refractivity contribution in [3.05, 3.63) is 95.2 Å². The summed E-state index contributed by atoms with van der Waals surface area (Å²) in [5.74, 6) is 1.73. The Kier molecular flexibility index (Phi) is 6.35. The zero-order chi connectivity index (χ0) is 22.5. The van der Waals surface area contributed by atoms with Crippen molar-refractivity contribution >= 4 is 11.9 Å². The fourth-order valence-corrected chi connectivity index (χ4v) is 3.33. The first-order valence-corrected chi connectivity index (χ1v) is 10.5. The van der Waals surface area contributed by atoms with Crippen LogP contribution in [-0.2, 0) is 13.2 Å². The van der Waals surface area contributed by atoms with Crippen LogP contribution >= 0.6 is 0 Å². The summed E-state index contributed by atoms with van der Waals surface area (Å²) in [6.07, 6.45) is 1.58. The molecule has 4 aromatic rings. The summed E-state index contributed by atoms with van der Waals surface area (Å²) in [6.45, 7) is 7.09. The van der Waals surface area contributed by atoms with E-state index in [1.807, 2.05) is 43.3 Å². The molecule has 2 aromatic heterocycles. The molecule has 7 nitrogen and oxygen atoms in total. The molecular weight excluding hydrogens is 404 g/mol. The predicted octanol–water partition coefficient (Wildman–Crippen LogP) is 5.18. The molecule has 0 radical (unpaired) electrons. The van der Waals surface area contributed by atoms with Crippen LogP contribution in [0.25, 0.3) is 0 Å². The van der Waals surface area contributed by atoms with E-state index in [9.17, 15) is 4.79 Å². The van der Waals surface area contributed by atoms with Crippen LogP contribution in [-0.4, -0.2) is 20.7 Å². The van der Waals surface area contributed by atoms with Crippen LogP contribution in [0.2, 0.25) is 0 Å². The quantitative estimate of drug-likeness (QED) is 0.416. The van der Waals surface area contributed by atoms with Crippen molar-refractivity contribution in [3.8, 4) is 5.75 Å². The number of ether oxygens (including phenoxy) is 1. The third kappa shape index (κ3) is 5.24. The number of hydrogen-bond acceptors (Lipinski definition) is 5. The zero-order valence-electron chi connectivity index (χ0n) is 18.4. The molecule has 2 heterocycles. The predicted molar refractivity (Wildman–Crippen MR) is 122 cm³/mol. The highest BCUT2D eigenvalue weighted by Gasteiger charge is 2.15. The largest absolute Gasteiger partial charge is 0.485 e. The number of furan rings is 1. The summed E-state index contributed by atoms with van der Waals surface area (Å²) in [7, 11) is 0. The molecule has 1 amide bonds. The minimum atomic E-state index is -0.410. The highest BCUT2D eigenvalue weighted by molar-refractivity contribution is 6.01. The second-order valence-corrected chi connectivity index (χ2v) is 7.96. The van der Waals surface area contributed by atoms with Gasteiger partial charge in [0.05, 0.1) is 6.54 Å². The first-order valence-electron chi connectivity index (χ1n) is 10.5. The van der Waals surface area contributed by atoms with Crippen molar-refractivity contribution in [2.24, 2.45) is 0 Å². The van der Waals surface area contributed by atoms with E-state index in [-0.39, 0.29) is 18.3 Å². The molecule has 0 fully saturated rings. The number of anilines is 1. The van der Waals surface area contributed by atoms with E-state index >= 15 is 0 Å². The van der Waals surface area contributed by atoms with Gasteiger partial charge in [-0.25, -0.2) is 9.67 Å². The van der Waals surface area contributed by atoms with Crippen LogP contribution in [0, 0.1) is 6.92 Å². The molecule has 0 spiro atoms. The molecule has 0 aliphatic heterocycles. The van der Waals surface area contributed by atoms with E-state index in [4.69, 9.17) is 9.15 Å². The van der Waals surface area contributed by atoms with Crippen molar-refractivity contribution in [1.82, 2.24) is 14.8 Å². The summed E-state index contributed by atoms with van der Waals surface area (Å²) in [5, 5.41) is 6.96. The molecule has 2 aromatic carbocycles. The third-order valence-electron chi connectivity index (χ3n) is 5.00. The molecule has 7 heteroatoms. The molecule has 4 rings (SSSR count). The van der Waals surface area contributed by atoms with E-state index in [2.05, 4.69) is 41.4 Å². The van der Waals surface area contributed by atoms with Gasteiger partial charge < -0.3 is 9.15 Å². The molecule has 0 atom stereocenters. The van der Waals surface area contributed by atoms with Gasteiger partial charge in [0.15, 0.2) is 5.76 Å². The maximum Gasteiger partial charge on any atom is 0.293 e. The first kappa shape index (κ1) is 21.4. The summed E-state index contributed by atoms with van der Waals surface area (Å²) in [5.41, 5.74) is 3.36. The Morgan fingerprint density at radius 1 is 1.12 bits per heavy atom. The number of aryl methyl sites for hydroxylation is 1. The van der Waals surface area contributed by atoms with Crippen LogP contribution in [0.15, 0.2) is 71.4 Å². The molecule has 0 aliphatic carbocycles. The molecule has 1 N–H and O–H groups in total. The lowest BCUT2D eigenvalue weighted by Crippen LogP contribution is -2.12. The van der Waals surface area contributed by atoms with Crippen molar-refractivity contribution < 1.29 is 13.9 Å². The van der Waals surface area contributed by atoms with Gasteiger partial charge in [-0.2, -0.15) is 0 Å². The van der Waals surface area contributed by atoms with Gasteiger partial charge in [0.1, 0.15) is 24.4 Å². The van der Waals surface area contributed by atoms with Gasteiger partial charge in [0.25, 0.3) is 5.91 Å². The lowest BCUT2D eigenvalue weighted by atomic mass is 10.0. The minimum Gasteiger partial charge on any atom is -0.485 e. The SMILES string of the molecule is Cc1ccc(C(C)C)c(OCc2ccc(C(=O)Nc3ncn(Cc4ccccc4)n3)o2)c1. The van der Waals surface area contributed by atoms with Gasteiger partial charge >= 0.3 is 0 Å². The minimum absolute atomic E-state index is 0.177. The molecule has 0 aliphatic rings. The number of rotatable bonds is 8. The lowest BCUT2D eigenvalue weighted by Gasteiger charge is -2.14. The Hall–Kier alpha value is -3.87.